The Kier molecular flexibility index (Phi) is 9.54. The summed E-state index contributed by atoms with van der Waals surface area (Å²) in [6.07, 6.45) is 6.91. The van der Waals surface area contributed by atoms with E-state index in [-0.39, 0.29) is 51.0 Å². The maximum absolute atomic E-state index is 3.50. The summed E-state index contributed by atoms with van der Waals surface area (Å²) >= 11 is 0. The molecule has 2 unspecified atom stereocenters. The van der Waals surface area contributed by atoms with Gasteiger partial charge >= 0.3 is 26.2 Å². The van der Waals surface area contributed by atoms with Gasteiger partial charge in [0.05, 0.1) is 0 Å². The van der Waals surface area contributed by atoms with Gasteiger partial charge < -0.3 is 24.8 Å². The minimum Gasteiger partial charge on any atom is -1.00 e. The van der Waals surface area contributed by atoms with Gasteiger partial charge in [0, 0.05) is 11.8 Å². The molecule has 0 nitrogen and oxygen atoms in total. The molecule has 3 heteroatoms. The molecule has 2 aliphatic rings. The number of allylic oxidation sites excluding steroid dienone is 2. The molecule has 2 aliphatic carbocycles. The van der Waals surface area contributed by atoms with Crippen LogP contribution in [0.15, 0.2) is 108 Å². The molecule has 170 valence electrons. The van der Waals surface area contributed by atoms with E-state index in [1.165, 1.54) is 44.5 Å². The van der Waals surface area contributed by atoms with E-state index >= 15 is 0 Å². The van der Waals surface area contributed by atoms with Crippen molar-refractivity contribution >= 4 is 12.2 Å². The molecule has 0 saturated heterocycles. The summed E-state index contributed by atoms with van der Waals surface area (Å²) in [6.45, 7) is 0. The first-order valence-electron chi connectivity index (χ1n) is 11.4. The van der Waals surface area contributed by atoms with Gasteiger partial charge in [-0.25, -0.2) is 0 Å². The Balaban J connectivity index is 0.00000114. The molecule has 4 aromatic rings. The van der Waals surface area contributed by atoms with E-state index in [0.717, 1.165) is 12.8 Å². The van der Waals surface area contributed by atoms with E-state index in [2.05, 4.69) is 109 Å². The summed E-state index contributed by atoms with van der Waals surface area (Å²) < 4.78 is 0. The zero-order valence-corrected chi connectivity index (χ0v) is 23.2. The van der Waals surface area contributed by atoms with E-state index in [1.54, 1.807) is 0 Å². The maximum Gasteiger partial charge on any atom is 4.00 e. The second kappa shape index (κ2) is 12.2. The first kappa shape index (κ1) is 27.4. The molecule has 35 heavy (non-hydrogen) atoms. The summed E-state index contributed by atoms with van der Waals surface area (Å²) in [5, 5.41) is 0. The molecule has 0 aliphatic heterocycles. The predicted molar refractivity (Wildman–Crippen MR) is 132 cm³/mol. The van der Waals surface area contributed by atoms with Crippen LogP contribution >= 0.6 is 0 Å². The molecule has 0 N–H and O–H groups in total. The van der Waals surface area contributed by atoms with Crippen molar-refractivity contribution in [3.8, 4) is 0 Å². The van der Waals surface area contributed by atoms with Crippen molar-refractivity contribution in [2.75, 3.05) is 0 Å². The second-order valence-electron chi connectivity index (χ2n) is 8.70. The molecule has 0 fully saturated rings. The van der Waals surface area contributed by atoms with Crippen LogP contribution in [-0.4, -0.2) is 0 Å². The SMILES string of the molecule is [Cl-].[Cl-].[Zr+4].[c-]1ccccc1C1C(CCC2=Cc3ccccc3C2c2[c-]cccc2)=Cc2ccccc21. The van der Waals surface area contributed by atoms with Gasteiger partial charge in [0.15, 0.2) is 0 Å². The largest absolute Gasteiger partial charge is 4.00 e. The summed E-state index contributed by atoms with van der Waals surface area (Å²) in [4.78, 5) is 0. The number of benzene rings is 4. The quantitative estimate of drug-likeness (QED) is 0.322. The standard InChI is InChI=1S/C32H24.2ClH.Zr/c1-3-11-23(12-4-1)31-27(21-25-15-7-9-17-29(25)31)19-20-28-22-26-16-8-10-18-30(26)32(28)24-13-5-2-6-14-24;;;/h1-11,13,15-18,21-22,31-32H,19-20H2;2*1H;/q-2;;;+4/p-2. The fraction of sp³-hybridized carbons (Fsp3) is 0.125. The van der Waals surface area contributed by atoms with Gasteiger partial charge in [-0.2, -0.15) is 71.8 Å². The van der Waals surface area contributed by atoms with Crippen LogP contribution in [0.25, 0.3) is 12.2 Å². The van der Waals surface area contributed by atoms with Crippen LogP contribution in [-0.2, 0) is 26.2 Å². The third-order valence-electron chi connectivity index (χ3n) is 6.83. The molecule has 4 aromatic carbocycles. The zero-order valence-electron chi connectivity index (χ0n) is 19.2. The Bertz CT molecular complexity index is 1220. The van der Waals surface area contributed by atoms with E-state index < -0.39 is 0 Å². The van der Waals surface area contributed by atoms with E-state index in [9.17, 15) is 0 Å². The van der Waals surface area contributed by atoms with Gasteiger partial charge in [-0.3, -0.25) is 0 Å². The van der Waals surface area contributed by atoms with Gasteiger partial charge in [0.1, 0.15) is 0 Å². The maximum atomic E-state index is 3.50. The first-order valence-corrected chi connectivity index (χ1v) is 11.4. The van der Waals surface area contributed by atoms with Gasteiger partial charge in [-0.1, -0.05) is 71.8 Å². The number of rotatable bonds is 5. The van der Waals surface area contributed by atoms with Crippen molar-refractivity contribution in [3.05, 3.63) is 154 Å². The fourth-order valence-corrected chi connectivity index (χ4v) is 5.41. The Morgan fingerprint density at radius 1 is 0.514 bits per heavy atom. The van der Waals surface area contributed by atoms with Crippen molar-refractivity contribution in [2.45, 2.75) is 24.7 Å². The van der Waals surface area contributed by atoms with Crippen LogP contribution in [0.2, 0.25) is 0 Å². The Labute approximate surface area is 240 Å². The summed E-state index contributed by atoms with van der Waals surface area (Å²) in [5.74, 6) is 0.608. The molecular formula is C32H24Cl2Zr. The van der Waals surface area contributed by atoms with Gasteiger partial charge in [-0.15, -0.1) is 0 Å². The molecule has 2 atom stereocenters. The first-order chi connectivity index (χ1) is 15.9. The van der Waals surface area contributed by atoms with Gasteiger partial charge in [0.25, 0.3) is 0 Å². The van der Waals surface area contributed by atoms with Crippen LogP contribution in [0.5, 0.6) is 0 Å². The van der Waals surface area contributed by atoms with Crippen molar-refractivity contribution < 1.29 is 51.0 Å². The Hall–Kier alpha value is -2.18. The number of hydrogen-bond donors (Lipinski definition) is 0. The van der Waals surface area contributed by atoms with E-state index in [0.29, 0.717) is 11.8 Å². The average Bonchev–Trinajstić information content (AvgIpc) is 3.41. The summed E-state index contributed by atoms with van der Waals surface area (Å²) in [5.41, 5.74) is 11.0. The smallest absolute Gasteiger partial charge is 1.00 e. The summed E-state index contributed by atoms with van der Waals surface area (Å²) in [6, 6.07) is 41.5. The van der Waals surface area contributed by atoms with E-state index in [1.807, 2.05) is 12.1 Å². The zero-order chi connectivity index (χ0) is 21.3. The molecule has 0 aromatic heterocycles. The third-order valence-corrected chi connectivity index (χ3v) is 6.83. The van der Waals surface area contributed by atoms with E-state index in [4.69, 9.17) is 0 Å². The van der Waals surface area contributed by atoms with Crippen molar-refractivity contribution in [3.63, 3.8) is 0 Å². The van der Waals surface area contributed by atoms with Crippen molar-refractivity contribution in [1.29, 1.82) is 0 Å². The third kappa shape index (κ3) is 5.34. The topological polar surface area (TPSA) is 0 Å². The Morgan fingerprint density at radius 3 is 1.31 bits per heavy atom. The minimum atomic E-state index is 0. The number of halogens is 2. The summed E-state index contributed by atoms with van der Waals surface area (Å²) in [7, 11) is 0. The molecule has 0 heterocycles. The molecule has 0 saturated carbocycles. The molecule has 0 bridgehead atoms. The normalized spacial score (nSPS) is 17.0. The van der Waals surface area contributed by atoms with Crippen LogP contribution in [0.1, 0.15) is 58.1 Å². The van der Waals surface area contributed by atoms with Crippen molar-refractivity contribution in [1.82, 2.24) is 0 Å². The van der Waals surface area contributed by atoms with Crippen LogP contribution < -0.4 is 24.8 Å². The molecule has 0 radical (unpaired) electrons. The fourth-order valence-electron chi connectivity index (χ4n) is 5.41. The minimum absolute atomic E-state index is 0. The second-order valence-corrected chi connectivity index (χ2v) is 8.70. The van der Waals surface area contributed by atoms with Crippen molar-refractivity contribution in [2.24, 2.45) is 0 Å². The predicted octanol–water partition coefficient (Wildman–Crippen LogP) is 1.83. The molecule has 6 rings (SSSR count). The molecule has 0 spiro atoms. The molecule has 0 amide bonds. The van der Waals surface area contributed by atoms with Crippen LogP contribution in [0.3, 0.4) is 0 Å². The van der Waals surface area contributed by atoms with Gasteiger partial charge in [-0.05, 0) is 35.1 Å². The average molecular weight is 571 g/mol. The number of hydrogen-bond acceptors (Lipinski definition) is 0. The molecular weight excluding hydrogens is 546 g/mol. The van der Waals surface area contributed by atoms with Crippen LogP contribution in [0.4, 0.5) is 0 Å². The number of fused-ring (bicyclic) bond motifs is 2. The Morgan fingerprint density at radius 2 is 0.914 bits per heavy atom. The van der Waals surface area contributed by atoms with Crippen LogP contribution in [0, 0.1) is 12.1 Å². The van der Waals surface area contributed by atoms with Gasteiger partial charge in [0.2, 0.25) is 0 Å². The monoisotopic (exact) mass is 568 g/mol.